The Bertz CT molecular complexity index is 838. The number of rotatable bonds is 7. The first-order valence-electron chi connectivity index (χ1n) is 9.32. The van der Waals surface area contributed by atoms with E-state index < -0.39 is 26.3 Å². The van der Waals surface area contributed by atoms with Crippen LogP contribution >= 0.6 is 0 Å². The normalized spacial score (nSPS) is 21.4. The van der Waals surface area contributed by atoms with Crippen LogP contribution in [-0.2, 0) is 14.6 Å². The fraction of sp³-hybridized carbons (Fsp3) is 0.600. The molecule has 1 aromatic carbocycles. The Hall–Kier alpha value is -1.60. The van der Waals surface area contributed by atoms with Crippen molar-refractivity contribution in [3.63, 3.8) is 0 Å². The van der Waals surface area contributed by atoms with Gasteiger partial charge >= 0.3 is 0 Å². The van der Waals surface area contributed by atoms with Crippen LogP contribution in [0, 0.1) is 11.2 Å². The van der Waals surface area contributed by atoms with Crippen molar-refractivity contribution >= 4 is 15.5 Å². The predicted molar refractivity (Wildman–Crippen MR) is 103 cm³/mol. The topological polar surface area (TPSA) is 64.6 Å². The Morgan fingerprint density at radius 3 is 2.52 bits per heavy atom. The van der Waals surface area contributed by atoms with Crippen molar-refractivity contribution in [2.24, 2.45) is 5.41 Å². The van der Waals surface area contributed by atoms with E-state index >= 15 is 0 Å². The van der Waals surface area contributed by atoms with Crippen molar-refractivity contribution in [3.05, 3.63) is 29.6 Å². The Labute approximate surface area is 160 Å². The van der Waals surface area contributed by atoms with E-state index in [-0.39, 0.29) is 17.3 Å². The minimum absolute atomic E-state index is 0.0336. The largest absolute Gasteiger partial charge is 0.490 e. The second kappa shape index (κ2) is 7.43. The molecule has 0 aromatic heterocycles. The molecule has 150 valence electrons. The van der Waals surface area contributed by atoms with Gasteiger partial charge in [-0.05, 0) is 30.4 Å². The summed E-state index contributed by atoms with van der Waals surface area (Å²) in [6.07, 6.45) is 4.43. The van der Waals surface area contributed by atoms with Gasteiger partial charge in [-0.25, -0.2) is 12.8 Å². The van der Waals surface area contributed by atoms with Crippen LogP contribution in [-0.4, -0.2) is 40.0 Å². The molecule has 27 heavy (non-hydrogen) atoms. The summed E-state index contributed by atoms with van der Waals surface area (Å²) in [5.74, 6) is -0.590. The molecule has 0 spiro atoms. The van der Waals surface area contributed by atoms with Crippen LogP contribution in [0.4, 0.5) is 4.39 Å². The van der Waals surface area contributed by atoms with E-state index in [4.69, 9.17) is 9.47 Å². The molecule has 5 nitrogen and oxygen atoms in total. The van der Waals surface area contributed by atoms with E-state index in [1.165, 1.54) is 12.1 Å². The molecule has 2 aliphatic rings. The highest BCUT2D eigenvalue weighted by atomic mass is 32.2. The Kier molecular flexibility index (Phi) is 5.54. The molecule has 7 heteroatoms. The maximum absolute atomic E-state index is 14.6. The van der Waals surface area contributed by atoms with Crippen LogP contribution in [0.5, 0.6) is 5.75 Å². The molecule has 3 rings (SSSR count). The second-order valence-corrected chi connectivity index (χ2v) is 10.3. The maximum Gasteiger partial charge on any atom is 0.186 e. The van der Waals surface area contributed by atoms with Crippen LogP contribution in [0.15, 0.2) is 23.1 Å². The van der Waals surface area contributed by atoms with Gasteiger partial charge in [0.25, 0.3) is 0 Å². The number of sulfone groups is 1. The minimum atomic E-state index is -3.65. The zero-order valence-corrected chi connectivity index (χ0v) is 17.2. The molecule has 1 atom stereocenters. The fourth-order valence-electron chi connectivity index (χ4n) is 3.23. The van der Waals surface area contributed by atoms with Gasteiger partial charge in [-0.15, -0.1) is 0 Å². The van der Waals surface area contributed by atoms with Gasteiger partial charge in [0.15, 0.2) is 21.4 Å². The van der Waals surface area contributed by atoms with E-state index in [2.05, 4.69) is 5.32 Å². The second-order valence-electron chi connectivity index (χ2n) is 8.30. The number of ether oxygens (including phenoxy) is 2. The summed E-state index contributed by atoms with van der Waals surface area (Å²) in [6.45, 7) is 6.45. The summed E-state index contributed by atoms with van der Waals surface area (Å²) in [6, 6.07) is 2.95. The predicted octanol–water partition coefficient (Wildman–Crippen LogP) is 3.54. The first-order chi connectivity index (χ1) is 12.6. The monoisotopic (exact) mass is 397 g/mol. The molecule has 1 aliphatic carbocycles. The summed E-state index contributed by atoms with van der Waals surface area (Å²) < 4.78 is 51.6. The Morgan fingerprint density at radius 2 is 1.93 bits per heavy atom. The number of nitrogens with one attached hydrogen (secondary N) is 1. The highest BCUT2D eigenvalue weighted by Crippen LogP contribution is 2.42. The lowest BCUT2D eigenvalue weighted by Gasteiger charge is -2.33. The van der Waals surface area contributed by atoms with Crippen molar-refractivity contribution in [3.8, 4) is 5.75 Å². The zero-order valence-electron chi connectivity index (χ0n) is 16.3. The average Bonchev–Trinajstić information content (AvgIpc) is 3.38. The van der Waals surface area contributed by atoms with E-state index in [1.807, 2.05) is 20.8 Å². The van der Waals surface area contributed by atoms with E-state index in [9.17, 15) is 12.8 Å². The van der Waals surface area contributed by atoms with Crippen LogP contribution in [0.2, 0.25) is 0 Å². The lowest BCUT2D eigenvalue weighted by molar-refractivity contribution is 0.170. The van der Waals surface area contributed by atoms with Gasteiger partial charge in [-0.1, -0.05) is 20.8 Å². The number of halogens is 1. The highest BCUT2D eigenvalue weighted by molar-refractivity contribution is 7.92. The van der Waals surface area contributed by atoms with Crippen LogP contribution in [0.25, 0.3) is 5.70 Å². The molecule has 1 unspecified atom stereocenters. The number of hydrogen-bond donors (Lipinski definition) is 1. The minimum Gasteiger partial charge on any atom is -0.490 e. The molecule has 0 bridgehead atoms. The fourth-order valence-corrected chi connectivity index (χ4v) is 5.50. The molecule has 1 aliphatic heterocycles. The smallest absolute Gasteiger partial charge is 0.186 e. The molecule has 0 radical (unpaired) electrons. The van der Waals surface area contributed by atoms with Crippen molar-refractivity contribution < 1.29 is 22.3 Å². The Balaban J connectivity index is 2.02. The van der Waals surface area contributed by atoms with Gasteiger partial charge < -0.3 is 14.8 Å². The SMILES string of the molecule is COCCCOc1cc2c(cc1F)C(NC1CC1)=CC(C(C)(C)C)S2(=O)=O. The molecule has 1 aromatic rings. The van der Waals surface area contributed by atoms with Gasteiger partial charge in [0.05, 0.1) is 16.8 Å². The zero-order chi connectivity index (χ0) is 19.8. The molecular weight excluding hydrogens is 369 g/mol. The van der Waals surface area contributed by atoms with Gasteiger partial charge in [0, 0.05) is 43.5 Å². The van der Waals surface area contributed by atoms with Crippen molar-refractivity contribution in [2.45, 2.75) is 56.2 Å². The van der Waals surface area contributed by atoms with E-state index in [1.54, 1.807) is 13.2 Å². The highest BCUT2D eigenvalue weighted by Gasteiger charge is 2.42. The molecule has 1 N–H and O–H groups in total. The molecule has 1 saturated carbocycles. The molecule has 0 amide bonds. The lowest BCUT2D eigenvalue weighted by atomic mass is 9.90. The summed E-state index contributed by atoms with van der Waals surface area (Å²) in [5.41, 5.74) is 0.608. The van der Waals surface area contributed by atoms with E-state index in [0.29, 0.717) is 30.3 Å². The number of fused-ring (bicyclic) bond motifs is 1. The standard InChI is InChI=1S/C20H28FNO4S/c1-20(2,3)19-11-16(22-13-6-7-13)14-10-15(21)17(26-9-5-8-25-4)12-18(14)27(19,23)24/h10-13,19,22H,5-9H2,1-4H3. The van der Waals surface area contributed by atoms with Crippen LogP contribution < -0.4 is 10.1 Å². The molecule has 1 heterocycles. The number of benzene rings is 1. The maximum atomic E-state index is 14.6. The first kappa shape index (κ1) is 20.1. The lowest BCUT2D eigenvalue weighted by Crippen LogP contribution is -2.37. The van der Waals surface area contributed by atoms with Gasteiger partial charge in [0.2, 0.25) is 0 Å². The third kappa shape index (κ3) is 4.29. The third-order valence-corrected chi connectivity index (χ3v) is 7.29. The van der Waals surface area contributed by atoms with Gasteiger partial charge in [0.1, 0.15) is 0 Å². The quantitative estimate of drug-likeness (QED) is 0.563. The first-order valence-corrected chi connectivity index (χ1v) is 10.9. The van der Waals surface area contributed by atoms with Crippen LogP contribution in [0.1, 0.15) is 45.6 Å². The third-order valence-electron chi connectivity index (χ3n) is 4.82. The van der Waals surface area contributed by atoms with E-state index in [0.717, 1.165) is 12.8 Å². The summed E-state index contributed by atoms with van der Waals surface area (Å²) >= 11 is 0. The number of methoxy groups -OCH3 is 1. The van der Waals surface area contributed by atoms with Crippen molar-refractivity contribution in [1.29, 1.82) is 0 Å². The van der Waals surface area contributed by atoms with Crippen LogP contribution in [0.3, 0.4) is 0 Å². The molecular formula is C20H28FNO4S. The number of hydrogen-bond acceptors (Lipinski definition) is 5. The summed E-state index contributed by atoms with van der Waals surface area (Å²) in [7, 11) is -2.07. The summed E-state index contributed by atoms with van der Waals surface area (Å²) in [4.78, 5) is 0.135. The van der Waals surface area contributed by atoms with Gasteiger partial charge in [-0.2, -0.15) is 0 Å². The molecule has 0 saturated heterocycles. The average molecular weight is 398 g/mol. The van der Waals surface area contributed by atoms with Crippen molar-refractivity contribution in [2.75, 3.05) is 20.3 Å². The Morgan fingerprint density at radius 1 is 1.22 bits per heavy atom. The van der Waals surface area contributed by atoms with Gasteiger partial charge in [-0.3, -0.25) is 0 Å². The molecule has 1 fully saturated rings. The van der Waals surface area contributed by atoms with Crippen molar-refractivity contribution in [1.82, 2.24) is 5.32 Å². The summed E-state index contributed by atoms with van der Waals surface area (Å²) in [5, 5.41) is 2.68.